The van der Waals surface area contributed by atoms with E-state index >= 15 is 0 Å². The summed E-state index contributed by atoms with van der Waals surface area (Å²) in [5.74, 6) is 0.580. The smallest absolute Gasteiger partial charge is 0.255 e. The van der Waals surface area contributed by atoms with Crippen LogP contribution in [0.2, 0.25) is 0 Å². The van der Waals surface area contributed by atoms with Gasteiger partial charge in [-0.1, -0.05) is 0 Å². The third-order valence-corrected chi connectivity index (χ3v) is 4.24. The van der Waals surface area contributed by atoms with E-state index < -0.39 is 0 Å². The lowest BCUT2D eigenvalue weighted by Gasteiger charge is -2.11. The lowest BCUT2D eigenvalue weighted by atomic mass is 10.2. The Morgan fingerprint density at radius 2 is 2.19 bits per heavy atom. The van der Waals surface area contributed by atoms with E-state index in [0.29, 0.717) is 17.9 Å². The van der Waals surface area contributed by atoms with Crippen molar-refractivity contribution < 1.29 is 14.3 Å². The van der Waals surface area contributed by atoms with E-state index in [-0.39, 0.29) is 12.0 Å². The number of rotatable bonds is 8. The number of nitrogens with zero attached hydrogens (tertiary/aromatic N) is 3. The number of aromatic nitrogens is 2. The molecular formula is C19H26N4O3. The van der Waals surface area contributed by atoms with Gasteiger partial charge >= 0.3 is 0 Å². The molecule has 1 saturated heterocycles. The highest BCUT2D eigenvalue weighted by Gasteiger charge is 2.16. The Balaban J connectivity index is 1.49. The van der Waals surface area contributed by atoms with Crippen LogP contribution in [0.1, 0.15) is 23.2 Å². The summed E-state index contributed by atoms with van der Waals surface area (Å²) in [5, 5.41) is 7.12. The Morgan fingerprint density at radius 1 is 1.38 bits per heavy atom. The van der Waals surface area contributed by atoms with E-state index in [9.17, 15) is 4.79 Å². The Labute approximate surface area is 153 Å². The maximum Gasteiger partial charge on any atom is 0.255 e. The first-order valence-corrected chi connectivity index (χ1v) is 8.93. The van der Waals surface area contributed by atoms with Crippen molar-refractivity contribution in [3.05, 3.63) is 42.2 Å². The molecule has 0 spiro atoms. The maximum absolute atomic E-state index is 12.4. The van der Waals surface area contributed by atoms with Gasteiger partial charge in [0.15, 0.2) is 0 Å². The summed E-state index contributed by atoms with van der Waals surface area (Å²) in [7, 11) is 4.03. The van der Waals surface area contributed by atoms with Crippen LogP contribution in [-0.2, 0) is 11.3 Å². The summed E-state index contributed by atoms with van der Waals surface area (Å²) in [5.41, 5.74) is 1.27. The largest absolute Gasteiger partial charge is 0.491 e. The maximum atomic E-state index is 12.4. The van der Waals surface area contributed by atoms with Crippen molar-refractivity contribution >= 4 is 11.6 Å². The second-order valence-corrected chi connectivity index (χ2v) is 6.72. The number of likely N-dealkylation sites (N-methyl/N-ethyl adjacent to an activating group) is 1. The fraction of sp³-hybridized carbons (Fsp3) is 0.474. The summed E-state index contributed by atoms with van der Waals surface area (Å²) < 4.78 is 13.1. The zero-order valence-corrected chi connectivity index (χ0v) is 15.4. The van der Waals surface area contributed by atoms with Crippen LogP contribution < -0.4 is 10.1 Å². The Hall–Kier alpha value is -2.38. The standard InChI is InChI=1S/C19H26N4O3/c1-22(2)9-10-23-13-16(12-20-23)21-19(24)15-5-7-17(8-6-15)26-14-18-4-3-11-25-18/h5-8,12-13,18H,3-4,9-11,14H2,1-2H3,(H,21,24). The molecule has 3 rings (SSSR count). The molecule has 1 aliphatic heterocycles. The summed E-state index contributed by atoms with van der Waals surface area (Å²) >= 11 is 0. The van der Waals surface area contributed by atoms with Gasteiger partial charge in [-0.25, -0.2) is 0 Å². The van der Waals surface area contributed by atoms with Gasteiger partial charge in [0.05, 0.1) is 24.5 Å². The van der Waals surface area contributed by atoms with Crippen molar-refractivity contribution in [2.24, 2.45) is 0 Å². The number of ether oxygens (including phenoxy) is 2. The minimum atomic E-state index is -0.164. The molecule has 1 aromatic heterocycles. The number of benzene rings is 1. The van der Waals surface area contributed by atoms with Crippen LogP contribution in [0.4, 0.5) is 5.69 Å². The monoisotopic (exact) mass is 358 g/mol. The number of hydrogen-bond donors (Lipinski definition) is 1. The predicted octanol–water partition coefficient (Wildman–Crippen LogP) is 2.25. The van der Waals surface area contributed by atoms with Crippen molar-refractivity contribution in [1.29, 1.82) is 0 Å². The number of amides is 1. The quantitative estimate of drug-likeness (QED) is 0.784. The minimum absolute atomic E-state index is 0.164. The SMILES string of the molecule is CN(C)CCn1cc(NC(=O)c2ccc(OCC3CCCO3)cc2)cn1. The van der Waals surface area contributed by atoms with Gasteiger partial charge in [-0.2, -0.15) is 5.10 Å². The van der Waals surface area contributed by atoms with Gasteiger partial charge in [-0.3, -0.25) is 9.48 Å². The second-order valence-electron chi connectivity index (χ2n) is 6.72. The number of hydrogen-bond acceptors (Lipinski definition) is 5. The van der Waals surface area contributed by atoms with Gasteiger partial charge in [0, 0.05) is 24.9 Å². The Kier molecular flexibility index (Phi) is 6.25. The van der Waals surface area contributed by atoms with E-state index in [4.69, 9.17) is 9.47 Å². The highest BCUT2D eigenvalue weighted by molar-refractivity contribution is 6.04. The highest BCUT2D eigenvalue weighted by atomic mass is 16.5. The summed E-state index contributed by atoms with van der Waals surface area (Å²) in [6.45, 7) is 3.04. The van der Waals surface area contributed by atoms with Crippen LogP contribution in [-0.4, -0.2) is 60.5 Å². The van der Waals surface area contributed by atoms with Gasteiger partial charge in [0.25, 0.3) is 5.91 Å². The summed E-state index contributed by atoms with van der Waals surface area (Å²) in [6, 6.07) is 7.14. The fourth-order valence-electron chi connectivity index (χ4n) is 2.72. The lowest BCUT2D eigenvalue weighted by molar-refractivity contribution is 0.0679. The molecule has 2 aromatic rings. The first-order chi connectivity index (χ1) is 12.6. The molecule has 0 aliphatic carbocycles. The van der Waals surface area contributed by atoms with Crippen molar-refractivity contribution in [1.82, 2.24) is 14.7 Å². The van der Waals surface area contributed by atoms with Crippen molar-refractivity contribution in [2.45, 2.75) is 25.5 Å². The molecule has 1 aromatic carbocycles. The average molecular weight is 358 g/mol. The summed E-state index contributed by atoms with van der Waals surface area (Å²) in [6.07, 6.45) is 5.82. The molecule has 2 heterocycles. The first kappa shape index (κ1) is 18.4. The molecule has 0 saturated carbocycles. The second kappa shape index (κ2) is 8.82. The summed E-state index contributed by atoms with van der Waals surface area (Å²) in [4.78, 5) is 14.4. The van der Waals surface area contributed by atoms with Crippen LogP contribution in [0.5, 0.6) is 5.75 Å². The number of carbonyl (C=O) groups excluding carboxylic acids is 1. The zero-order chi connectivity index (χ0) is 18.4. The molecule has 1 fully saturated rings. The molecule has 7 nitrogen and oxygen atoms in total. The van der Waals surface area contributed by atoms with Gasteiger partial charge in [-0.15, -0.1) is 0 Å². The van der Waals surface area contributed by atoms with Crippen LogP contribution in [0.15, 0.2) is 36.7 Å². The first-order valence-electron chi connectivity index (χ1n) is 8.93. The third kappa shape index (κ3) is 5.31. The van der Waals surface area contributed by atoms with E-state index in [1.54, 1.807) is 18.3 Å². The number of anilines is 1. The fourth-order valence-corrected chi connectivity index (χ4v) is 2.72. The van der Waals surface area contributed by atoms with E-state index in [2.05, 4.69) is 15.3 Å². The molecule has 0 radical (unpaired) electrons. The molecule has 1 aliphatic rings. The number of nitrogens with one attached hydrogen (secondary N) is 1. The topological polar surface area (TPSA) is 68.6 Å². The molecule has 0 bridgehead atoms. The Morgan fingerprint density at radius 3 is 2.88 bits per heavy atom. The van der Waals surface area contributed by atoms with E-state index in [1.807, 2.05) is 37.1 Å². The van der Waals surface area contributed by atoms with Crippen LogP contribution in [0, 0.1) is 0 Å². The lowest BCUT2D eigenvalue weighted by Crippen LogP contribution is -2.18. The molecule has 26 heavy (non-hydrogen) atoms. The van der Waals surface area contributed by atoms with Crippen molar-refractivity contribution in [3.63, 3.8) is 0 Å². The molecule has 1 amide bonds. The highest BCUT2D eigenvalue weighted by Crippen LogP contribution is 2.17. The van der Waals surface area contributed by atoms with Crippen LogP contribution in [0.3, 0.4) is 0 Å². The third-order valence-electron chi connectivity index (χ3n) is 4.24. The Bertz CT molecular complexity index is 706. The molecule has 1 unspecified atom stereocenters. The molecule has 7 heteroatoms. The van der Waals surface area contributed by atoms with E-state index in [0.717, 1.165) is 38.3 Å². The van der Waals surface area contributed by atoms with Gasteiger partial charge in [0.2, 0.25) is 0 Å². The van der Waals surface area contributed by atoms with Gasteiger partial charge in [0.1, 0.15) is 12.4 Å². The average Bonchev–Trinajstić information content (AvgIpc) is 3.30. The van der Waals surface area contributed by atoms with Gasteiger partial charge in [-0.05, 0) is 51.2 Å². The van der Waals surface area contributed by atoms with Gasteiger partial charge < -0.3 is 19.7 Å². The molecule has 1 N–H and O–H groups in total. The molecule has 140 valence electrons. The van der Waals surface area contributed by atoms with Crippen LogP contribution >= 0.6 is 0 Å². The molecule has 1 atom stereocenters. The molecular weight excluding hydrogens is 332 g/mol. The van der Waals surface area contributed by atoms with E-state index in [1.165, 1.54) is 0 Å². The minimum Gasteiger partial charge on any atom is -0.491 e. The normalized spacial score (nSPS) is 16.8. The zero-order valence-electron chi connectivity index (χ0n) is 15.4. The van der Waals surface area contributed by atoms with Crippen molar-refractivity contribution in [3.8, 4) is 5.75 Å². The van der Waals surface area contributed by atoms with Crippen LogP contribution in [0.25, 0.3) is 0 Å². The van der Waals surface area contributed by atoms with Crippen molar-refractivity contribution in [2.75, 3.05) is 39.2 Å². The predicted molar refractivity (Wildman–Crippen MR) is 99.6 cm³/mol. The number of carbonyl (C=O) groups is 1.